The van der Waals surface area contributed by atoms with E-state index in [1.54, 1.807) is 17.7 Å². The number of fused-ring (bicyclic) bond motifs is 1. The van der Waals surface area contributed by atoms with Crippen molar-refractivity contribution in [2.75, 3.05) is 5.43 Å². The Hall–Kier alpha value is -2.27. The first-order valence-corrected chi connectivity index (χ1v) is 8.47. The van der Waals surface area contributed by atoms with E-state index in [0.717, 1.165) is 21.6 Å². The zero-order valence-corrected chi connectivity index (χ0v) is 14.6. The van der Waals surface area contributed by atoms with Crippen molar-refractivity contribution < 1.29 is 0 Å². The highest BCUT2D eigenvalue weighted by molar-refractivity contribution is 7.18. The SMILES string of the molecule is Cc1sc2ncnc(N/N=C\c3ccc(C(C)C)cc3)c2c1C. The molecule has 1 aromatic carbocycles. The van der Waals surface area contributed by atoms with Crippen molar-refractivity contribution in [3.63, 3.8) is 0 Å². The van der Waals surface area contributed by atoms with Crippen molar-refractivity contribution in [3.05, 3.63) is 52.2 Å². The average molecular weight is 324 g/mol. The molecule has 2 aromatic heterocycles. The Balaban J connectivity index is 1.80. The monoisotopic (exact) mass is 324 g/mol. The molecular formula is C18H20N4S. The molecule has 5 heteroatoms. The second-order valence-corrected chi connectivity index (χ2v) is 7.08. The summed E-state index contributed by atoms with van der Waals surface area (Å²) in [6.07, 6.45) is 3.39. The number of hydrazone groups is 1. The summed E-state index contributed by atoms with van der Waals surface area (Å²) in [5, 5.41) is 5.38. The summed E-state index contributed by atoms with van der Waals surface area (Å²) >= 11 is 1.68. The molecule has 0 unspecified atom stereocenters. The Morgan fingerprint density at radius 2 is 1.87 bits per heavy atom. The fourth-order valence-corrected chi connectivity index (χ4v) is 3.40. The van der Waals surface area contributed by atoms with E-state index < -0.39 is 0 Å². The molecule has 0 saturated heterocycles. The third kappa shape index (κ3) is 3.24. The van der Waals surface area contributed by atoms with Gasteiger partial charge in [-0.25, -0.2) is 9.97 Å². The number of nitrogens with zero attached hydrogens (tertiary/aromatic N) is 3. The van der Waals surface area contributed by atoms with Crippen LogP contribution in [0.1, 0.15) is 41.3 Å². The average Bonchev–Trinajstić information content (AvgIpc) is 2.83. The van der Waals surface area contributed by atoms with E-state index in [2.05, 4.69) is 72.5 Å². The van der Waals surface area contributed by atoms with Crippen LogP contribution in [0.15, 0.2) is 35.7 Å². The van der Waals surface area contributed by atoms with Gasteiger partial charge in [0.15, 0.2) is 5.82 Å². The minimum atomic E-state index is 0.540. The molecule has 0 aliphatic rings. The minimum absolute atomic E-state index is 0.540. The number of hydrogen-bond donors (Lipinski definition) is 1. The van der Waals surface area contributed by atoms with E-state index in [1.807, 2.05) is 6.21 Å². The molecule has 23 heavy (non-hydrogen) atoms. The lowest BCUT2D eigenvalue weighted by Crippen LogP contribution is -1.96. The van der Waals surface area contributed by atoms with Gasteiger partial charge in [-0.15, -0.1) is 11.3 Å². The van der Waals surface area contributed by atoms with Gasteiger partial charge in [-0.3, -0.25) is 5.43 Å². The van der Waals surface area contributed by atoms with Gasteiger partial charge in [0.05, 0.1) is 11.6 Å². The zero-order chi connectivity index (χ0) is 16.4. The molecule has 3 rings (SSSR count). The van der Waals surface area contributed by atoms with Crippen molar-refractivity contribution in [2.45, 2.75) is 33.6 Å². The summed E-state index contributed by atoms with van der Waals surface area (Å²) in [5.74, 6) is 1.30. The maximum Gasteiger partial charge on any atom is 0.158 e. The van der Waals surface area contributed by atoms with Gasteiger partial charge in [0.25, 0.3) is 0 Å². The van der Waals surface area contributed by atoms with Gasteiger partial charge in [-0.2, -0.15) is 5.10 Å². The summed E-state index contributed by atoms with van der Waals surface area (Å²) in [6.45, 7) is 8.58. The molecule has 118 valence electrons. The van der Waals surface area contributed by atoms with Crippen molar-refractivity contribution >= 4 is 33.6 Å². The Morgan fingerprint density at radius 1 is 1.13 bits per heavy atom. The topological polar surface area (TPSA) is 50.2 Å². The molecule has 0 aliphatic carbocycles. The third-order valence-corrected chi connectivity index (χ3v) is 5.07. The van der Waals surface area contributed by atoms with Gasteiger partial charge in [-0.1, -0.05) is 38.1 Å². The first kappa shape index (κ1) is 15.6. The van der Waals surface area contributed by atoms with Gasteiger partial charge < -0.3 is 0 Å². The van der Waals surface area contributed by atoms with E-state index >= 15 is 0 Å². The van der Waals surface area contributed by atoms with E-state index in [-0.39, 0.29) is 0 Å². The quantitative estimate of drug-likeness (QED) is 0.550. The smallest absolute Gasteiger partial charge is 0.158 e. The van der Waals surface area contributed by atoms with Crippen molar-refractivity contribution in [1.29, 1.82) is 0 Å². The lowest BCUT2D eigenvalue weighted by molar-refractivity contribution is 0.866. The van der Waals surface area contributed by atoms with Crippen LogP contribution in [-0.2, 0) is 0 Å². The first-order valence-electron chi connectivity index (χ1n) is 7.66. The normalized spacial score (nSPS) is 11.7. The highest BCUT2D eigenvalue weighted by atomic mass is 32.1. The van der Waals surface area contributed by atoms with Crippen LogP contribution in [0.5, 0.6) is 0 Å². The number of rotatable bonds is 4. The molecule has 0 bridgehead atoms. The van der Waals surface area contributed by atoms with Crippen LogP contribution in [0.4, 0.5) is 5.82 Å². The van der Waals surface area contributed by atoms with Gasteiger partial charge in [-0.05, 0) is 36.5 Å². The summed E-state index contributed by atoms with van der Waals surface area (Å²) in [6, 6.07) is 8.44. The van der Waals surface area contributed by atoms with Crippen LogP contribution < -0.4 is 5.43 Å². The Bertz CT molecular complexity index is 847. The molecule has 4 nitrogen and oxygen atoms in total. The van der Waals surface area contributed by atoms with E-state index in [0.29, 0.717) is 5.92 Å². The number of hydrogen-bond acceptors (Lipinski definition) is 5. The van der Waals surface area contributed by atoms with Crippen molar-refractivity contribution in [1.82, 2.24) is 9.97 Å². The maximum absolute atomic E-state index is 4.33. The molecule has 0 amide bonds. The van der Waals surface area contributed by atoms with Crippen LogP contribution in [0.2, 0.25) is 0 Å². The summed E-state index contributed by atoms with van der Waals surface area (Å²) in [7, 11) is 0. The number of nitrogens with one attached hydrogen (secondary N) is 1. The molecule has 0 saturated carbocycles. The van der Waals surface area contributed by atoms with Crippen molar-refractivity contribution in [2.24, 2.45) is 5.10 Å². The van der Waals surface area contributed by atoms with Crippen molar-refractivity contribution in [3.8, 4) is 0 Å². The highest BCUT2D eigenvalue weighted by Crippen LogP contribution is 2.32. The second kappa shape index (κ2) is 6.46. The summed E-state index contributed by atoms with van der Waals surface area (Å²) in [4.78, 5) is 10.9. The molecule has 0 spiro atoms. The minimum Gasteiger partial charge on any atom is -0.261 e. The van der Waals surface area contributed by atoms with Gasteiger partial charge in [0.1, 0.15) is 11.2 Å². The number of anilines is 1. The molecule has 0 aliphatic heterocycles. The lowest BCUT2D eigenvalue weighted by atomic mass is 10.0. The van der Waals surface area contributed by atoms with Gasteiger partial charge in [0, 0.05) is 4.88 Å². The molecule has 0 atom stereocenters. The van der Waals surface area contributed by atoms with Crippen LogP contribution in [-0.4, -0.2) is 16.2 Å². The molecule has 0 fully saturated rings. The van der Waals surface area contributed by atoms with Crippen LogP contribution in [0.3, 0.4) is 0 Å². The number of thiophene rings is 1. The molecule has 2 heterocycles. The first-order chi connectivity index (χ1) is 11.1. The lowest BCUT2D eigenvalue weighted by Gasteiger charge is -2.05. The number of benzene rings is 1. The number of aryl methyl sites for hydroxylation is 2. The standard InChI is InChI=1S/C18H20N4S/c1-11(2)15-7-5-14(6-8-15)9-21-22-17-16-12(3)13(4)23-18(16)20-10-19-17/h5-11H,1-4H3,(H,19,20,22)/b21-9-. The van der Waals surface area contributed by atoms with Crippen LogP contribution in [0.25, 0.3) is 10.2 Å². The molecule has 1 N–H and O–H groups in total. The zero-order valence-electron chi connectivity index (χ0n) is 13.8. The maximum atomic E-state index is 4.33. The van der Waals surface area contributed by atoms with Crippen LogP contribution >= 0.6 is 11.3 Å². The fraction of sp³-hybridized carbons (Fsp3) is 0.278. The Labute approximate surface area is 140 Å². The fourth-order valence-electron chi connectivity index (χ4n) is 2.40. The van der Waals surface area contributed by atoms with E-state index in [1.165, 1.54) is 16.0 Å². The van der Waals surface area contributed by atoms with E-state index in [4.69, 9.17) is 0 Å². The van der Waals surface area contributed by atoms with Gasteiger partial charge >= 0.3 is 0 Å². The largest absolute Gasteiger partial charge is 0.261 e. The van der Waals surface area contributed by atoms with Gasteiger partial charge in [0.2, 0.25) is 0 Å². The highest BCUT2D eigenvalue weighted by Gasteiger charge is 2.11. The second-order valence-electron chi connectivity index (χ2n) is 5.88. The predicted molar refractivity (Wildman–Crippen MR) is 98.6 cm³/mol. The Kier molecular flexibility index (Phi) is 4.39. The molecule has 0 radical (unpaired) electrons. The summed E-state index contributed by atoms with van der Waals surface area (Å²) < 4.78 is 0. The van der Waals surface area contributed by atoms with Crippen LogP contribution in [0, 0.1) is 13.8 Å². The van der Waals surface area contributed by atoms with E-state index in [9.17, 15) is 0 Å². The third-order valence-electron chi connectivity index (χ3n) is 3.95. The number of aromatic nitrogens is 2. The Morgan fingerprint density at radius 3 is 2.57 bits per heavy atom. The molecule has 3 aromatic rings. The summed E-state index contributed by atoms with van der Waals surface area (Å²) in [5.41, 5.74) is 6.66. The molecular weight excluding hydrogens is 304 g/mol. The predicted octanol–water partition coefficient (Wildman–Crippen LogP) is 4.88.